The van der Waals surface area contributed by atoms with Gasteiger partial charge in [0.2, 0.25) is 5.91 Å². The zero-order valence-corrected chi connectivity index (χ0v) is 16.3. The second-order valence-corrected chi connectivity index (χ2v) is 7.40. The molecule has 1 aliphatic heterocycles. The van der Waals surface area contributed by atoms with E-state index in [-0.39, 0.29) is 28.8 Å². The highest BCUT2D eigenvalue weighted by molar-refractivity contribution is 6.39. The van der Waals surface area contributed by atoms with Gasteiger partial charge >= 0.3 is 11.8 Å². The van der Waals surface area contributed by atoms with Crippen molar-refractivity contribution in [2.45, 2.75) is 32.2 Å². The number of piperidine rings is 1. The molecule has 0 saturated carbocycles. The lowest BCUT2D eigenvalue weighted by atomic mass is 9.89. The van der Waals surface area contributed by atoms with Gasteiger partial charge in [-0.2, -0.15) is 0 Å². The predicted octanol–water partition coefficient (Wildman–Crippen LogP) is 3.06. The first kappa shape index (κ1) is 21.4. The van der Waals surface area contributed by atoms with Gasteiger partial charge in [-0.05, 0) is 30.4 Å². The van der Waals surface area contributed by atoms with Crippen LogP contribution in [0.2, 0.25) is 0 Å². The average molecular weight is 416 g/mol. The SMILES string of the molecule is C[C@@H]1CC[C@@H](c2ccc(C(F)F)cc2)N(C(=O)C(=O)Nc2cncc(C(N)=O)c2)C1. The van der Waals surface area contributed by atoms with E-state index in [9.17, 15) is 23.2 Å². The molecule has 30 heavy (non-hydrogen) atoms. The number of benzene rings is 1. The van der Waals surface area contributed by atoms with Gasteiger partial charge in [-0.3, -0.25) is 19.4 Å². The summed E-state index contributed by atoms with van der Waals surface area (Å²) in [6, 6.07) is 6.76. The number of nitrogens with two attached hydrogens (primary N) is 1. The fourth-order valence-electron chi connectivity index (χ4n) is 3.55. The number of nitrogens with one attached hydrogen (secondary N) is 1. The van der Waals surface area contributed by atoms with E-state index < -0.39 is 24.1 Å². The van der Waals surface area contributed by atoms with E-state index in [0.29, 0.717) is 18.5 Å². The fraction of sp³-hybridized carbons (Fsp3) is 0.333. The Morgan fingerprint density at radius 1 is 1.17 bits per heavy atom. The predicted molar refractivity (Wildman–Crippen MR) is 106 cm³/mol. The molecule has 2 aromatic rings. The third kappa shape index (κ3) is 4.79. The van der Waals surface area contributed by atoms with Gasteiger partial charge in [0.05, 0.1) is 23.5 Å². The minimum absolute atomic E-state index is 0.0969. The number of halogens is 2. The number of carbonyl (C=O) groups is 3. The molecule has 0 spiro atoms. The van der Waals surface area contributed by atoms with Crippen molar-refractivity contribution < 1.29 is 23.2 Å². The van der Waals surface area contributed by atoms with Gasteiger partial charge in [0.15, 0.2) is 0 Å². The summed E-state index contributed by atoms with van der Waals surface area (Å²) in [6.45, 7) is 2.35. The lowest BCUT2D eigenvalue weighted by molar-refractivity contribution is -0.146. The van der Waals surface area contributed by atoms with Crippen LogP contribution in [0.5, 0.6) is 0 Å². The highest BCUT2D eigenvalue weighted by atomic mass is 19.3. The van der Waals surface area contributed by atoms with Crippen LogP contribution < -0.4 is 11.1 Å². The minimum atomic E-state index is -2.57. The number of rotatable bonds is 4. The number of amides is 3. The molecule has 0 aliphatic carbocycles. The second kappa shape index (κ2) is 8.98. The fourth-order valence-corrected chi connectivity index (χ4v) is 3.55. The summed E-state index contributed by atoms with van der Waals surface area (Å²) >= 11 is 0. The van der Waals surface area contributed by atoms with Gasteiger partial charge < -0.3 is 16.0 Å². The number of anilines is 1. The second-order valence-electron chi connectivity index (χ2n) is 7.40. The maximum atomic E-state index is 12.9. The van der Waals surface area contributed by atoms with Crippen LogP contribution in [0.3, 0.4) is 0 Å². The van der Waals surface area contributed by atoms with Crippen molar-refractivity contribution in [1.82, 2.24) is 9.88 Å². The number of carbonyl (C=O) groups excluding carboxylic acids is 3. The molecule has 158 valence electrons. The van der Waals surface area contributed by atoms with Crippen molar-refractivity contribution in [3.63, 3.8) is 0 Å². The van der Waals surface area contributed by atoms with Crippen molar-refractivity contribution >= 4 is 23.4 Å². The summed E-state index contributed by atoms with van der Waals surface area (Å²) in [5.41, 5.74) is 6.08. The van der Waals surface area contributed by atoms with E-state index in [1.807, 2.05) is 6.92 Å². The molecular weight excluding hydrogens is 394 g/mol. The van der Waals surface area contributed by atoms with Crippen LogP contribution in [-0.4, -0.2) is 34.2 Å². The Morgan fingerprint density at radius 2 is 1.87 bits per heavy atom. The van der Waals surface area contributed by atoms with Crippen molar-refractivity contribution in [3.05, 3.63) is 59.4 Å². The summed E-state index contributed by atoms with van der Waals surface area (Å²) < 4.78 is 25.7. The normalized spacial score (nSPS) is 18.9. The molecule has 1 saturated heterocycles. The molecule has 9 heteroatoms. The molecule has 3 amide bonds. The highest BCUT2D eigenvalue weighted by Crippen LogP contribution is 2.34. The zero-order chi connectivity index (χ0) is 21.8. The Balaban J connectivity index is 1.79. The Morgan fingerprint density at radius 3 is 2.50 bits per heavy atom. The molecule has 3 rings (SSSR count). The van der Waals surface area contributed by atoms with E-state index >= 15 is 0 Å². The monoisotopic (exact) mass is 416 g/mol. The summed E-state index contributed by atoms with van der Waals surface area (Å²) in [5.74, 6) is -2.13. The Hall–Kier alpha value is -3.36. The summed E-state index contributed by atoms with van der Waals surface area (Å²) in [6.07, 6.45) is 1.45. The van der Waals surface area contributed by atoms with Gasteiger partial charge in [0.1, 0.15) is 0 Å². The van der Waals surface area contributed by atoms with Gasteiger partial charge in [0.25, 0.3) is 6.43 Å². The average Bonchev–Trinajstić information content (AvgIpc) is 2.73. The van der Waals surface area contributed by atoms with Crippen LogP contribution in [0.25, 0.3) is 0 Å². The number of pyridine rings is 1. The quantitative estimate of drug-likeness (QED) is 0.747. The molecule has 0 unspecified atom stereocenters. The van der Waals surface area contributed by atoms with E-state index in [0.717, 1.165) is 6.42 Å². The van der Waals surface area contributed by atoms with Crippen LogP contribution in [0.4, 0.5) is 14.5 Å². The molecule has 1 aromatic carbocycles. The van der Waals surface area contributed by atoms with E-state index in [4.69, 9.17) is 5.73 Å². The Bertz CT molecular complexity index is 950. The number of aromatic nitrogens is 1. The summed E-state index contributed by atoms with van der Waals surface area (Å²) in [7, 11) is 0. The number of nitrogens with zero attached hydrogens (tertiary/aromatic N) is 2. The molecule has 1 fully saturated rings. The van der Waals surface area contributed by atoms with E-state index in [1.54, 1.807) is 12.1 Å². The van der Waals surface area contributed by atoms with Gasteiger partial charge in [-0.15, -0.1) is 0 Å². The molecule has 1 aromatic heterocycles. The standard InChI is InChI=1S/C21H22F2N4O3/c1-12-2-7-17(13-3-5-14(6-4-13)18(22)23)27(11-12)21(30)20(29)26-16-8-15(19(24)28)9-25-10-16/h3-6,8-10,12,17-18H,2,7,11H2,1H3,(H2,24,28)(H,26,29)/t12-,17+/m1/s1. The highest BCUT2D eigenvalue weighted by Gasteiger charge is 2.34. The first-order valence-corrected chi connectivity index (χ1v) is 9.51. The first-order valence-electron chi connectivity index (χ1n) is 9.51. The van der Waals surface area contributed by atoms with Gasteiger partial charge in [0, 0.05) is 18.3 Å². The molecule has 2 heterocycles. The number of hydrogen-bond donors (Lipinski definition) is 2. The number of likely N-dealkylation sites (tertiary alicyclic amines) is 1. The van der Waals surface area contributed by atoms with Crippen LogP contribution in [-0.2, 0) is 9.59 Å². The zero-order valence-electron chi connectivity index (χ0n) is 16.3. The van der Waals surface area contributed by atoms with Gasteiger partial charge in [-0.1, -0.05) is 31.2 Å². The Labute approximate surface area is 172 Å². The number of alkyl halides is 2. The summed E-state index contributed by atoms with van der Waals surface area (Å²) in [4.78, 5) is 42.0. The maximum Gasteiger partial charge on any atom is 0.313 e. The van der Waals surface area contributed by atoms with Crippen LogP contribution in [0.15, 0.2) is 42.7 Å². The van der Waals surface area contributed by atoms with Crippen molar-refractivity contribution in [2.24, 2.45) is 11.7 Å². The largest absolute Gasteiger partial charge is 0.366 e. The number of primary amides is 1. The lowest BCUT2D eigenvalue weighted by Gasteiger charge is -2.38. The molecule has 0 bridgehead atoms. The third-order valence-corrected chi connectivity index (χ3v) is 5.13. The Kier molecular flexibility index (Phi) is 6.39. The summed E-state index contributed by atoms with van der Waals surface area (Å²) in [5, 5.41) is 2.45. The minimum Gasteiger partial charge on any atom is -0.366 e. The lowest BCUT2D eigenvalue weighted by Crippen LogP contribution is -2.46. The van der Waals surface area contributed by atoms with Gasteiger partial charge in [-0.25, -0.2) is 8.78 Å². The molecular formula is C21H22F2N4O3. The van der Waals surface area contributed by atoms with Crippen LogP contribution >= 0.6 is 0 Å². The molecule has 2 atom stereocenters. The first-order chi connectivity index (χ1) is 14.3. The topological polar surface area (TPSA) is 105 Å². The van der Waals surface area contributed by atoms with Crippen LogP contribution in [0, 0.1) is 5.92 Å². The number of hydrogen-bond acceptors (Lipinski definition) is 4. The third-order valence-electron chi connectivity index (χ3n) is 5.13. The smallest absolute Gasteiger partial charge is 0.313 e. The van der Waals surface area contributed by atoms with Crippen molar-refractivity contribution in [1.29, 1.82) is 0 Å². The van der Waals surface area contributed by atoms with Crippen LogP contribution in [0.1, 0.15) is 53.7 Å². The van der Waals surface area contributed by atoms with Crippen molar-refractivity contribution in [2.75, 3.05) is 11.9 Å². The molecule has 1 aliphatic rings. The molecule has 3 N–H and O–H groups in total. The van der Waals surface area contributed by atoms with Crippen molar-refractivity contribution in [3.8, 4) is 0 Å². The molecule has 7 nitrogen and oxygen atoms in total. The molecule has 0 radical (unpaired) electrons. The van der Waals surface area contributed by atoms with E-state index in [2.05, 4.69) is 10.3 Å². The van der Waals surface area contributed by atoms with E-state index in [1.165, 1.54) is 35.5 Å². The maximum absolute atomic E-state index is 12.9.